The predicted octanol–water partition coefficient (Wildman–Crippen LogP) is 6.06. The fraction of sp³-hybridized carbons (Fsp3) is 0.360. The Labute approximate surface area is 252 Å². The van der Waals surface area contributed by atoms with Gasteiger partial charge < -0.3 is 29.9 Å². The number of ether oxygens (including phenoxy) is 2. The molecule has 40 heavy (non-hydrogen) atoms. The van der Waals surface area contributed by atoms with E-state index < -0.39 is 6.03 Å². The van der Waals surface area contributed by atoms with E-state index >= 15 is 0 Å². The van der Waals surface area contributed by atoms with Gasteiger partial charge in [-0.3, -0.25) is 4.90 Å². The number of carbonyl (C=O) groups excluding carboxylic acids is 1. The summed E-state index contributed by atoms with van der Waals surface area (Å²) in [6.45, 7) is 7.29. The Kier molecular flexibility index (Phi) is 9.85. The van der Waals surface area contributed by atoms with Crippen molar-refractivity contribution < 1.29 is 14.3 Å². The first kappa shape index (κ1) is 30.0. The van der Waals surface area contributed by atoms with Crippen molar-refractivity contribution in [3.8, 4) is 11.5 Å². The van der Waals surface area contributed by atoms with Gasteiger partial charge in [-0.25, -0.2) is 4.79 Å². The summed E-state index contributed by atoms with van der Waals surface area (Å²) < 4.78 is 10.5. The van der Waals surface area contributed by atoms with Crippen LogP contribution in [-0.2, 0) is 0 Å². The normalized spacial score (nSPS) is 13.7. The Morgan fingerprint density at radius 1 is 0.925 bits per heavy atom. The summed E-state index contributed by atoms with van der Waals surface area (Å²) in [6.07, 6.45) is 0. The van der Waals surface area contributed by atoms with Crippen LogP contribution in [-0.4, -0.2) is 79.9 Å². The average Bonchev–Trinajstić information content (AvgIpc) is 2.95. The lowest BCUT2D eigenvalue weighted by molar-refractivity contribution is 0.257. The number of anilines is 5. The molecular formula is C25H28Cl4N8O3. The monoisotopic (exact) mass is 628 g/mol. The van der Waals surface area contributed by atoms with Crippen LogP contribution in [0.15, 0.2) is 24.3 Å². The maximum Gasteiger partial charge on any atom is 0.328 e. The first-order valence-electron chi connectivity index (χ1n) is 12.3. The molecule has 2 amide bonds. The van der Waals surface area contributed by atoms with Crippen LogP contribution in [0.4, 0.5) is 33.8 Å². The lowest BCUT2D eigenvalue weighted by Crippen LogP contribution is -2.46. The van der Waals surface area contributed by atoms with Gasteiger partial charge in [0, 0.05) is 44.6 Å². The molecule has 2 heterocycles. The Bertz CT molecular complexity index is 1340. The van der Waals surface area contributed by atoms with Crippen LogP contribution in [0.2, 0.25) is 20.4 Å². The van der Waals surface area contributed by atoms with Gasteiger partial charge in [-0.05, 0) is 42.4 Å². The number of methoxy groups -OCH3 is 2. The number of nitrogens with zero attached hydrogens (tertiary/aromatic N) is 6. The molecule has 0 saturated carbocycles. The molecule has 2 N–H and O–H groups in total. The quantitative estimate of drug-likeness (QED) is 0.307. The molecule has 1 aromatic heterocycles. The second-order valence-electron chi connectivity index (χ2n) is 8.69. The highest BCUT2D eigenvalue weighted by molar-refractivity contribution is 6.45. The molecular weight excluding hydrogens is 602 g/mol. The number of nitrogens with one attached hydrogen (secondary N) is 2. The third-order valence-corrected chi connectivity index (χ3v) is 7.62. The minimum atomic E-state index is -0.670. The SMILES string of the molecule is CCN1CCN(c2ccc(Nc3nc(Cl)nc(N(C)C(=O)Nc4c(Cl)c(OC)c(Cl)c(OC)c4Cl)n3)cc2)CC1. The first-order valence-corrected chi connectivity index (χ1v) is 13.8. The minimum Gasteiger partial charge on any atom is -0.493 e. The van der Waals surface area contributed by atoms with E-state index in [9.17, 15) is 4.79 Å². The largest absolute Gasteiger partial charge is 0.493 e. The first-order chi connectivity index (χ1) is 19.2. The number of urea groups is 1. The zero-order valence-electron chi connectivity index (χ0n) is 22.3. The molecule has 3 aromatic rings. The zero-order chi connectivity index (χ0) is 29.0. The number of hydrogen-bond donors (Lipinski definition) is 2. The Hall–Kier alpha value is -2.96. The number of halogens is 4. The Morgan fingerprint density at radius 2 is 1.52 bits per heavy atom. The fourth-order valence-corrected chi connectivity index (χ4v) is 5.39. The van der Waals surface area contributed by atoms with Gasteiger partial charge in [0.2, 0.25) is 17.2 Å². The van der Waals surface area contributed by atoms with Crippen molar-refractivity contribution in [3.05, 3.63) is 44.6 Å². The van der Waals surface area contributed by atoms with Gasteiger partial charge >= 0.3 is 6.03 Å². The molecule has 15 heteroatoms. The van der Waals surface area contributed by atoms with Crippen LogP contribution in [0, 0.1) is 0 Å². The van der Waals surface area contributed by atoms with E-state index in [4.69, 9.17) is 55.9 Å². The lowest BCUT2D eigenvalue weighted by atomic mass is 10.2. The van der Waals surface area contributed by atoms with Crippen LogP contribution in [0.3, 0.4) is 0 Å². The predicted molar refractivity (Wildman–Crippen MR) is 161 cm³/mol. The molecule has 0 aliphatic carbocycles. The maximum atomic E-state index is 13.1. The molecule has 0 atom stereocenters. The molecule has 4 rings (SSSR count). The van der Waals surface area contributed by atoms with E-state index in [1.165, 1.54) is 21.3 Å². The molecule has 214 valence electrons. The summed E-state index contributed by atoms with van der Waals surface area (Å²) in [4.78, 5) is 31.6. The molecule has 0 radical (unpaired) electrons. The maximum absolute atomic E-state index is 13.1. The average molecular weight is 630 g/mol. The smallest absolute Gasteiger partial charge is 0.328 e. The molecule has 1 aliphatic rings. The lowest BCUT2D eigenvalue weighted by Gasteiger charge is -2.35. The van der Waals surface area contributed by atoms with Crippen molar-refractivity contribution in [3.63, 3.8) is 0 Å². The summed E-state index contributed by atoms with van der Waals surface area (Å²) >= 11 is 25.2. The highest BCUT2D eigenvalue weighted by Crippen LogP contribution is 2.50. The van der Waals surface area contributed by atoms with Crippen molar-refractivity contribution in [2.45, 2.75) is 6.92 Å². The molecule has 2 aromatic carbocycles. The van der Waals surface area contributed by atoms with Crippen LogP contribution in [0.1, 0.15) is 6.92 Å². The number of piperazine rings is 1. The topological polar surface area (TPSA) is 108 Å². The molecule has 0 spiro atoms. The molecule has 1 aliphatic heterocycles. The molecule has 0 bridgehead atoms. The fourth-order valence-electron chi connectivity index (χ4n) is 4.12. The van der Waals surface area contributed by atoms with Crippen LogP contribution in [0.25, 0.3) is 0 Å². The van der Waals surface area contributed by atoms with Gasteiger partial charge in [0.1, 0.15) is 15.1 Å². The molecule has 11 nitrogen and oxygen atoms in total. The van der Waals surface area contributed by atoms with Gasteiger partial charge in [0.05, 0.1) is 19.9 Å². The third-order valence-electron chi connectivity index (χ3n) is 6.39. The van der Waals surface area contributed by atoms with Crippen molar-refractivity contribution in [2.24, 2.45) is 0 Å². The van der Waals surface area contributed by atoms with E-state index in [2.05, 4.69) is 42.3 Å². The number of benzene rings is 2. The number of likely N-dealkylation sites (N-methyl/N-ethyl adjacent to an activating group) is 1. The number of hydrogen-bond acceptors (Lipinski definition) is 9. The zero-order valence-corrected chi connectivity index (χ0v) is 25.3. The van der Waals surface area contributed by atoms with Crippen molar-refractivity contribution in [2.75, 3.05) is 74.4 Å². The van der Waals surface area contributed by atoms with E-state index in [0.717, 1.165) is 49.0 Å². The summed E-state index contributed by atoms with van der Waals surface area (Å²) in [5.74, 6) is 0.313. The van der Waals surface area contributed by atoms with E-state index in [1.54, 1.807) is 0 Å². The number of amides is 2. The summed E-state index contributed by atoms with van der Waals surface area (Å²) in [5.41, 5.74) is 1.92. The Balaban J connectivity index is 1.49. The second kappa shape index (κ2) is 13.1. The van der Waals surface area contributed by atoms with E-state index in [0.29, 0.717) is 0 Å². The highest BCUT2D eigenvalue weighted by Gasteiger charge is 2.26. The molecule has 1 saturated heterocycles. The van der Waals surface area contributed by atoms with E-state index in [1.807, 2.05) is 24.3 Å². The number of rotatable bonds is 8. The van der Waals surface area contributed by atoms with E-state index in [-0.39, 0.29) is 49.4 Å². The van der Waals surface area contributed by atoms with Crippen LogP contribution >= 0.6 is 46.4 Å². The minimum absolute atomic E-state index is 0.00762. The highest BCUT2D eigenvalue weighted by atomic mass is 35.5. The summed E-state index contributed by atoms with van der Waals surface area (Å²) in [5, 5.41) is 5.67. The van der Waals surface area contributed by atoms with Gasteiger partial charge in [-0.1, -0.05) is 41.7 Å². The molecule has 0 unspecified atom stereocenters. The number of aromatic nitrogens is 3. The van der Waals surface area contributed by atoms with Gasteiger partial charge in [0.15, 0.2) is 11.5 Å². The van der Waals surface area contributed by atoms with Gasteiger partial charge in [0.25, 0.3) is 0 Å². The van der Waals surface area contributed by atoms with Crippen molar-refractivity contribution in [1.82, 2.24) is 19.9 Å². The van der Waals surface area contributed by atoms with Crippen LogP contribution < -0.4 is 29.9 Å². The van der Waals surface area contributed by atoms with Gasteiger partial charge in [-0.15, -0.1) is 0 Å². The third kappa shape index (κ3) is 6.50. The van der Waals surface area contributed by atoms with Crippen molar-refractivity contribution in [1.29, 1.82) is 0 Å². The number of carbonyl (C=O) groups is 1. The summed E-state index contributed by atoms with van der Waals surface area (Å²) in [6, 6.07) is 7.27. The van der Waals surface area contributed by atoms with Crippen LogP contribution in [0.5, 0.6) is 11.5 Å². The second-order valence-corrected chi connectivity index (χ2v) is 10.2. The standard InChI is InChI=1S/C25H28Cl4N8O3/c1-5-36-10-12-37(13-11-36)15-8-6-14(7-9-15)30-23-32-22(29)33-24(34-23)35(2)25(38)31-19-16(26)20(39-3)18(28)21(40-4)17(19)27/h6-9H,5,10-13H2,1-4H3,(H,31,38)(H,30,32,33,34). The van der Waals surface area contributed by atoms with Gasteiger partial charge in [-0.2, -0.15) is 15.0 Å². The molecule has 1 fully saturated rings. The Morgan fingerprint density at radius 3 is 2.08 bits per heavy atom. The van der Waals surface area contributed by atoms with Crippen molar-refractivity contribution >= 4 is 81.4 Å². The summed E-state index contributed by atoms with van der Waals surface area (Å²) in [7, 11) is 4.20.